The van der Waals surface area contributed by atoms with E-state index in [-0.39, 0.29) is 11.8 Å². The van der Waals surface area contributed by atoms with Gasteiger partial charge in [-0.05, 0) is 49.7 Å². The molecule has 1 aliphatic rings. The molecule has 34 heavy (non-hydrogen) atoms. The monoisotopic (exact) mass is 455 g/mol. The van der Waals surface area contributed by atoms with Crippen molar-refractivity contribution < 1.29 is 14.3 Å². The lowest BCUT2D eigenvalue weighted by Crippen LogP contribution is -2.25. The van der Waals surface area contributed by atoms with Crippen molar-refractivity contribution in [3.05, 3.63) is 83.7 Å². The number of benzene rings is 3. The third kappa shape index (κ3) is 4.12. The standard InChI is InChI=1S/C28H29N3O3/c1-19-12-13-23(20(2)16-19)31-18-21(17-27(31)32)28-29-22-8-4-5-9-24(22)30(28)14-15-34-26-11-7-6-10-25(26)33-3/h4-13,16,21H,14-15,17-18H2,1-3H3/t21-/m1/s1. The van der Waals surface area contributed by atoms with Gasteiger partial charge in [-0.15, -0.1) is 0 Å². The van der Waals surface area contributed by atoms with Gasteiger partial charge in [-0.25, -0.2) is 4.98 Å². The highest BCUT2D eigenvalue weighted by atomic mass is 16.5. The minimum atomic E-state index is 0.0202. The van der Waals surface area contributed by atoms with Crippen molar-refractivity contribution in [1.29, 1.82) is 0 Å². The number of anilines is 1. The molecule has 1 amide bonds. The Morgan fingerprint density at radius 3 is 2.56 bits per heavy atom. The van der Waals surface area contributed by atoms with Crippen molar-refractivity contribution in [1.82, 2.24) is 9.55 Å². The van der Waals surface area contributed by atoms with E-state index in [1.165, 1.54) is 5.56 Å². The third-order valence-corrected chi connectivity index (χ3v) is 6.46. The predicted octanol–water partition coefficient (Wildman–Crippen LogP) is 5.26. The van der Waals surface area contributed by atoms with Crippen LogP contribution >= 0.6 is 0 Å². The van der Waals surface area contributed by atoms with E-state index in [2.05, 4.69) is 42.7 Å². The van der Waals surface area contributed by atoms with Crippen molar-refractivity contribution >= 4 is 22.6 Å². The second-order valence-electron chi connectivity index (χ2n) is 8.81. The van der Waals surface area contributed by atoms with Gasteiger partial charge in [-0.3, -0.25) is 4.79 Å². The molecule has 1 aromatic heterocycles. The maximum absolute atomic E-state index is 13.0. The summed E-state index contributed by atoms with van der Waals surface area (Å²) < 4.78 is 13.7. The molecule has 1 fully saturated rings. The van der Waals surface area contributed by atoms with Gasteiger partial charge in [0.15, 0.2) is 11.5 Å². The fourth-order valence-electron chi connectivity index (χ4n) is 4.85. The highest BCUT2D eigenvalue weighted by Gasteiger charge is 2.35. The third-order valence-electron chi connectivity index (χ3n) is 6.46. The lowest BCUT2D eigenvalue weighted by Gasteiger charge is -2.20. The molecule has 0 spiro atoms. The molecule has 1 aliphatic heterocycles. The number of aryl methyl sites for hydroxylation is 2. The van der Waals surface area contributed by atoms with Gasteiger partial charge in [0, 0.05) is 24.6 Å². The first-order valence-electron chi connectivity index (χ1n) is 11.6. The summed E-state index contributed by atoms with van der Waals surface area (Å²) in [7, 11) is 1.64. The highest BCUT2D eigenvalue weighted by molar-refractivity contribution is 5.97. The van der Waals surface area contributed by atoms with Crippen molar-refractivity contribution in [2.45, 2.75) is 32.7 Å². The SMILES string of the molecule is COc1ccccc1OCCn1c([C@@H]2CC(=O)N(c3ccc(C)cc3C)C2)nc2ccccc21. The smallest absolute Gasteiger partial charge is 0.227 e. The lowest BCUT2D eigenvalue weighted by atomic mass is 10.1. The molecule has 4 aromatic rings. The van der Waals surface area contributed by atoms with Crippen LogP contribution in [0.25, 0.3) is 11.0 Å². The van der Waals surface area contributed by atoms with Crippen LogP contribution in [0.3, 0.4) is 0 Å². The molecular weight excluding hydrogens is 426 g/mol. The average molecular weight is 456 g/mol. The van der Waals surface area contributed by atoms with Gasteiger partial charge in [0.2, 0.25) is 5.91 Å². The second kappa shape index (κ2) is 9.21. The Morgan fingerprint density at radius 2 is 1.76 bits per heavy atom. The molecule has 0 radical (unpaired) electrons. The van der Waals surface area contributed by atoms with E-state index in [4.69, 9.17) is 14.5 Å². The van der Waals surface area contributed by atoms with E-state index in [0.717, 1.165) is 28.1 Å². The molecule has 6 nitrogen and oxygen atoms in total. The Hall–Kier alpha value is -3.80. The van der Waals surface area contributed by atoms with Crippen LogP contribution in [0.2, 0.25) is 0 Å². The number of carbonyl (C=O) groups is 1. The molecule has 6 heteroatoms. The van der Waals surface area contributed by atoms with E-state index >= 15 is 0 Å². The van der Waals surface area contributed by atoms with Gasteiger partial charge in [0.05, 0.1) is 24.7 Å². The molecular formula is C28H29N3O3. The summed E-state index contributed by atoms with van der Waals surface area (Å²) >= 11 is 0. The van der Waals surface area contributed by atoms with Crippen LogP contribution in [0, 0.1) is 13.8 Å². The number of rotatable bonds is 7. The molecule has 0 unspecified atom stereocenters. The van der Waals surface area contributed by atoms with E-state index < -0.39 is 0 Å². The van der Waals surface area contributed by atoms with Crippen molar-refractivity contribution in [3.8, 4) is 11.5 Å². The molecule has 5 rings (SSSR count). The first kappa shape index (κ1) is 22.0. The first-order valence-corrected chi connectivity index (χ1v) is 11.6. The molecule has 3 aromatic carbocycles. The van der Waals surface area contributed by atoms with Crippen LogP contribution < -0.4 is 14.4 Å². The number of methoxy groups -OCH3 is 1. The fraction of sp³-hybridized carbons (Fsp3) is 0.286. The molecule has 2 heterocycles. The Kier molecular flexibility index (Phi) is 5.97. The van der Waals surface area contributed by atoms with Gasteiger partial charge in [-0.2, -0.15) is 0 Å². The maximum atomic E-state index is 13.0. The fourth-order valence-corrected chi connectivity index (χ4v) is 4.85. The van der Waals surface area contributed by atoms with Gasteiger partial charge in [0.25, 0.3) is 0 Å². The summed E-state index contributed by atoms with van der Waals surface area (Å²) in [6, 6.07) is 22.0. The van der Waals surface area contributed by atoms with Crippen molar-refractivity contribution in [2.75, 3.05) is 25.2 Å². The number of hydrogen-bond donors (Lipinski definition) is 0. The van der Waals surface area contributed by atoms with Crippen LogP contribution in [0.15, 0.2) is 66.7 Å². The minimum Gasteiger partial charge on any atom is -0.493 e. The van der Waals surface area contributed by atoms with Crippen LogP contribution in [0.4, 0.5) is 5.69 Å². The molecule has 174 valence electrons. The molecule has 0 bridgehead atoms. The quantitative estimate of drug-likeness (QED) is 0.381. The largest absolute Gasteiger partial charge is 0.493 e. The molecule has 1 saturated heterocycles. The first-order chi connectivity index (χ1) is 16.5. The molecule has 0 saturated carbocycles. The molecule has 0 aliphatic carbocycles. The number of para-hydroxylation sites is 4. The van der Waals surface area contributed by atoms with Crippen LogP contribution in [-0.2, 0) is 11.3 Å². The summed E-state index contributed by atoms with van der Waals surface area (Å²) in [5.74, 6) is 2.52. The molecule has 0 N–H and O–H groups in total. The van der Waals surface area contributed by atoms with Gasteiger partial charge in [-0.1, -0.05) is 42.0 Å². The van der Waals surface area contributed by atoms with E-state index in [1.54, 1.807) is 7.11 Å². The van der Waals surface area contributed by atoms with E-state index in [9.17, 15) is 4.79 Å². The zero-order valence-electron chi connectivity index (χ0n) is 19.8. The maximum Gasteiger partial charge on any atom is 0.227 e. The summed E-state index contributed by atoms with van der Waals surface area (Å²) in [6.45, 7) is 5.85. The van der Waals surface area contributed by atoms with Crippen LogP contribution in [-0.4, -0.2) is 35.7 Å². The normalized spacial score (nSPS) is 15.8. The minimum absolute atomic E-state index is 0.0202. The number of amides is 1. The number of carbonyl (C=O) groups excluding carboxylic acids is 1. The summed E-state index contributed by atoms with van der Waals surface area (Å²) in [5, 5.41) is 0. The average Bonchev–Trinajstić information content (AvgIpc) is 3.40. The van der Waals surface area contributed by atoms with Gasteiger partial charge < -0.3 is 18.9 Å². The lowest BCUT2D eigenvalue weighted by molar-refractivity contribution is -0.117. The Labute approximate surface area is 199 Å². The topological polar surface area (TPSA) is 56.6 Å². The van der Waals surface area contributed by atoms with Crippen LogP contribution in [0.5, 0.6) is 11.5 Å². The van der Waals surface area contributed by atoms with Crippen LogP contribution in [0.1, 0.15) is 29.3 Å². The highest BCUT2D eigenvalue weighted by Crippen LogP contribution is 2.35. The Bertz CT molecular complexity index is 1340. The van der Waals surface area contributed by atoms with Crippen molar-refractivity contribution in [3.63, 3.8) is 0 Å². The summed E-state index contributed by atoms with van der Waals surface area (Å²) in [5.41, 5.74) is 5.29. The number of fused-ring (bicyclic) bond motifs is 1. The molecule has 1 atom stereocenters. The number of nitrogens with zero attached hydrogens (tertiary/aromatic N) is 3. The number of aromatic nitrogens is 2. The predicted molar refractivity (Wildman–Crippen MR) is 134 cm³/mol. The van der Waals surface area contributed by atoms with E-state index in [1.807, 2.05) is 47.4 Å². The number of hydrogen-bond acceptors (Lipinski definition) is 4. The Morgan fingerprint density at radius 1 is 1.00 bits per heavy atom. The van der Waals surface area contributed by atoms with E-state index in [0.29, 0.717) is 37.6 Å². The number of ether oxygens (including phenoxy) is 2. The van der Waals surface area contributed by atoms with Crippen molar-refractivity contribution in [2.24, 2.45) is 0 Å². The zero-order valence-corrected chi connectivity index (χ0v) is 19.8. The van der Waals surface area contributed by atoms with Gasteiger partial charge in [0.1, 0.15) is 12.4 Å². The number of imidazole rings is 1. The summed E-state index contributed by atoms with van der Waals surface area (Å²) in [6.07, 6.45) is 0.448. The zero-order chi connectivity index (χ0) is 23.7. The second-order valence-corrected chi connectivity index (χ2v) is 8.81. The summed E-state index contributed by atoms with van der Waals surface area (Å²) in [4.78, 5) is 19.9. The Balaban J connectivity index is 1.41. The van der Waals surface area contributed by atoms with Gasteiger partial charge >= 0.3 is 0 Å².